The van der Waals surface area contributed by atoms with Crippen LogP contribution in [0, 0.1) is 18.6 Å². The summed E-state index contributed by atoms with van der Waals surface area (Å²) in [5.74, 6) is -4.25. The number of methoxy groups -OCH3 is 1. The summed E-state index contributed by atoms with van der Waals surface area (Å²) >= 11 is 0. The predicted octanol–water partition coefficient (Wildman–Crippen LogP) is 5.14. The molecule has 2 aromatic heterocycles. The molecule has 0 atom stereocenters. The van der Waals surface area contributed by atoms with Crippen LogP contribution in [0.2, 0.25) is 0 Å². The van der Waals surface area contributed by atoms with Crippen molar-refractivity contribution in [3.05, 3.63) is 101 Å². The number of ether oxygens (including phenoxy) is 2. The number of fused-ring (bicyclic) bond motifs is 1. The summed E-state index contributed by atoms with van der Waals surface area (Å²) in [6.45, 7) is 4.30. The van der Waals surface area contributed by atoms with Gasteiger partial charge in [-0.3, -0.25) is 4.79 Å². The molecule has 49 heavy (non-hydrogen) atoms. The van der Waals surface area contributed by atoms with Gasteiger partial charge in [0.25, 0.3) is 15.6 Å². The van der Waals surface area contributed by atoms with E-state index in [4.69, 9.17) is 9.47 Å². The zero-order chi connectivity index (χ0) is 36.1. The van der Waals surface area contributed by atoms with Crippen LogP contribution in [0.3, 0.4) is 0 Å². The third-order valence-corrected chi connectivity index (χ3v) is 13.6. The Morgan fingerprint density at radius 1 is 0.816 bits per heavy atom. The van der Waals surface area contributed by atoms with Crippen LogP contribution in [0.5, 0.6) is 17.2 Å². The van der Waals surface area contributed by atoms with Crippen LogP contribution >= 0.6 is 0 Å². The lowest BCUT2D eigenvalue weighted by Gasteiger charge is -2.25. The molecule has 0 aliphatic heterocycles. The molecule has 0 spiro atoms. The Morgan fingerprint density at radius 2 is 1.45 bits per heavy atom. The van der Waals surface area contributed by atoms with Gasteiger partial charge in [0.2, 0.25) is 20.0 Å². The second-order valence-electron chi connectivity index (χ2n) is 10.9. The minimum Gasteiger partial charge on any atom is -0.493 e. The number of sulfonamides is 2. The first kappa shape index (κ1) is 35.6. The maximum atomic E-state index is 14.9. The molecule has 0 unspecified atom stereocenters. The van der Waals surface area contributed by atoms with Crippen molar-refractivity contribution < 1.29 is 43.5 Å². The highest BCUT2D eigenvalue weighted by molar-refractivity contribution is 8.10. The molecule has 260 valence electrons. The summed E-state index contributed by atoms with van der Waals surface area (Å²) in [5, 5.41) is 0.0330. The molecule has 0 radical (unpaired) electrons. The first-order valence-corrected chi connectivity index (χ1v) is 19.3. The first-order valence-electron chi connectivity index (χ1n) is 14.6. The van der Waals surface area contributed by atoms with Crippen LogP contribution in [0.15, 0.2) is 82.7 Å². The molecule has 3 aromatic carbocycles. The molecule has 0 aliphatic rings. The van der Waals surface area contributed by atoms with Gasteiger partial charge >= 0.3 is 0 Å². The van der Waals surface area contributed by atoms with Crippen molar-refractivity contribution in [2.24, 2.45) is 7.05 Å². The number of aromatic nitrogens is 2. The van der Waals surface area contributed by atoms with E-state index in [9.17, 15) is 38.8 Å². The van der Waals surface area contributed by atoms with Gasteiger partial charge in [-0.15, -0.1) is 0 Å². The number of hydrogen-bond acceptors (Lipinski definition) is 9. The van der Waals surface area contributed by atoms with Crippen LogP contribution in [-0.4, -0.2) is 52.4 Å². The fourth-order valence-corrected chi connectivity index (χ4v) is 9.80. The molecule has 5 rings (SSSR count). The summed E-state index contributed by atoms with van der Waals surface area (Å²) < 4.78 is 123. The molecule has 2 heterocycles. The van der Waals surface area contributed by atoms with Crippen molar-refractivity contribution >= 4 is 46.7 Å². The maximum Gasteiger partial charge on any atom is 0.275 e. The smallest absolute Gasteiger partial charge is 0.275 e. The van der Waals surface area contributed by atoms with Gasteiger partial charge in [0.05, 0.1) is 29.2 Å². The number of halogens is 2. The van der Waals surface area contributed by atoms with Crippen molar-refractivity contribution in [3.63, 3.8) is 0 Å². The monoisotopic (exact) mass is 735 g/mol. The number of aryl methyl sites for hydroxylation is 2. The average Bonchev–Trinajstić information content (AvgIpc) is 3.51. The highest BCUT2D eigenvalue weighted by atomic mass is 32.3. The lowest BCUT2D eigenvalue weighted by Crippen LogP contribution is -2.39. The average molecular weight is 736 g/mol. The lowest BCUT2D eigenvalue weighted by atomic mass is 10.0. The fraction of sp³-hybridized carbons (Fsp3) is 0.219. The molecule has 0 N–H and O–H groups in total. The van der Waals surface area contributed by atoms with Crippen molar-refractivity contribution in [1.29, 1.82) is 0 Å². The van der Waals surface area contributed by atoms with Crippen LogP contribution in [0.4, 0.5) is 14.5 Å². The van der Waals surface area contributed by atoms with Gasteiger partial charge in [0.1, 0.15) is 11.3 Å². The largest absolute Gasteiger partial charge is 0.493 e. The van der Waals surface area contributed by atoms with Crippen molar-refractivity contribution in [3.8, 4) is 28.4 Å². The summed E-state index contributed by atoms with van der Waals surface area (Å²) in [7, 11) is -10.8. The van der Waals surface area contributed by atoms with Gasteiger partial charge in [0.15, 0.2) is 23.1 Å². The molecule has 0 bridgehead atoms. The Kier molecular flexibility index (Phi) is 9.39. The Labute approximate surface area is 281 Å². The van der Waals surface area contributed by atoms with Crippen LogP contribution in [0.25, 0.3) is 22.0 Å². The van der Waals surface area contributed by atoms with Gasteiger partial charge in [0, 0.05) is 48.1 Å². The van der Waals surface area contributed by atoms with Crippen LogP contribution in [0.1, 0.15) is 19.4 Å². The standard InChI is InChI=1S/C32H31F2N3O9S3/c1-6-47(39,40)37(48(41,42)7-2)22-17-25(31(29(18-22)45-5)46-28-13-10-21(33)16-27(28)34)26-19-35(4)32(38)30-24(26)14-15-36(30)49(43,44)23-11-8-20(3)9-12-23/h8-19H,6-7H2,1-5H3. The topological polar surface area (TPSA) is 151 Å². The molecule has 0 fully saturated rings. The highest BCUT2D eigenvalue weighted by Gasteiger charge is 2.34. The molecule has 5 aromatic rings. The van der Waals surface area contributed by atoms with E-state index in [1.165, 1.54) is 58.6 Å². The van der Waals surface area contributed by atoms with Gasteiger partial charge in [-0.1, -0.05) is 17.7 Å². The summed E-state index contributed by atoms with van der Waals surface area (Å²) in [6.07, 6.45) is 2.47. The second kappa shape index (κ2) is 12.9. The maximum absolute atomic E-state index is 14.9. The summed E-state index contributed by atoms with van der Waals surface area (Å²) in [4.78, 5) is 13.5. The molecule has 12 nitrogen and oxygen atoms in total. The third kappa shape index (κ3) is 6.40. The molecular formula is C32H31F2N3O9S3. The normalized spacial score (nSPS) is 12.3. The molecule has 0 saturated heterocycles. The van der Waals surface area contributed by atoms with Gasteiger partial charge in [-0.05, 0) is 57.2 Å². The van der Waals surface area contributed by atoms with Gasteiger partial charge in [-0.25, -0.2) is 38.0 Å². The third-order valence-electron chi connectivity index (χ3n) is 7.67. The number of pyridine rings is 1. The van der Waals surface area contributed by atoms with E-state index in [1.807, 2.05) is 0 Å². The minimum atomic E-state index is -4.49. The van der Waals surface area contributed by atoms with E-state index in [0.29, 0.717) is 6.07 Å². The number of rotatable bonds is 11. The lowest BCUT2D eigenvalue weighted by molar-refractivity contribution is 0.371. The number of hydrogen-bond donors (Lipinski definition) is 0. The molecule has 0 saturated carbocycles. The van der Waals surface area contributed by atoms with E-state index < -0.39 is 70.2 Å². The predicted molar refractivity (Wildman–Crippen MR) is 181 cm³/mol. The SMILES string of the molecule is CCS(=O)(=O)N(c1cc(OC)c(Oc2ccc(F)cc2F)c(-c2cn(C)c(=O)c3c2ccn3S(=O)(=O)c2ccc(C)cc2)c1)S(=O)(=O)CC. The second-order valence-corrected chi connectivity index (χ2v) is 17.1. The van der Waals surface area contributed by atoms with Crippen molar-refractivity contribution in [1.82, 2.24) is 8.54 Å². The zero-order valence-corrected chi connectivity index (χ0v) is 29.3. The van der Waals surface area contributed by atoms with E-state index in [1.54, 1.807) is 19.1 Å². The van der Waals surface area contributed by atoms with E-state index >= 15 is 0 Å². The summed E-state index contributed by atoms with van der Waals surface area (Å²) in [6, 6.07) is 12.0. The number of benzene rings is 3. The first-order chi connectivity index (χ1) is 23.0. The van der Waals surface area contributed by atoms with Gasteiger partial charge < -0.3 is 14.0 Å². The van der Waals surface area contributed by atoms with E-state index in [2.05, 4.69) is 0 Å². The molecule has 17 heteroatoms. The molecule has 0 amide bonds. The summed E-state index contributed by atoms with van der Waals surface area (Å²) in [5.41, 5.74) is -0.697. The van der Waals surface area contributed by atoms with E-state index in [-0.39, 0.29) is 42.1 Å². The van der Waals surface area contributed by atoms with Crippen LogP contribution < -0.4 is 18.7 Å². The van der Waals surface area contributed by atoms with Crippen molar-refractivity contribution in [2.75, 3.05) is 22.3 Å². The highest BCUT2D eigenvalue weighted by Crippen LogP contribution is 2.47. The quantitative estimate of drug-likeness (QED) is 0.180. The fourth-order valence-electron chi connectivity index (χ4n) is 5.12. The van der Waals surface area contributed by atoms with Crippen LogP contribution in [-0.2, 0) is 37.1 Å². The Morgan fingerprint density at radius 3 is 2.02 bits per heavy atom. The number of anilines is 1. The van der Waals surface area contributed by atoms with Gasteiger partial charge in [-0.2, -0.15) is 3.71 Å². The Balaban J connectivity index is 1.91. The number of nitrogens with zero attached hydrogens (tertiary/aromatic N) is 3. The van der Waals surface area contributed by atoms with E-state index in [0.717, 1.165) is 38.4 Å². The van der Waals surface area contributed by atoms with Crippen molar-refractivity contribution in [2.45, 2.75) is 25.7 Å². The Bertz CT molecular complexity index is 2460. The Hall–Kier alpha value is -4.74. The molecular weight excluding hydrogens is 705 g/mol. The molecule has 0 aliphatic carbocycles. The minimum absolute atomic E-state index is 0.0330. The zero-order valence-electron chi connectivity index (χ0n) is 26.8.